The Labute approximate surface area is 84.4 Å². The van der Waals surface area contributed by atoms with Crippen LogP contribution in [0.25, 0.3) is 0 Å². The van der Waals surface area contributed by atoms with Crippen LogP contribution in [0.2, 0.25) is 0 Å². The molecule has 0 bridgehead atoms. The summed E-state index contributed by atoms with van der Waals surface area (Å²) in [5.41, 5.74) is 2.28. The van der Waals surface area contributed by atoms with E-state index >= 15 is 0 Å². The Balaban J connectivity index is 3.11. The quantitative estimate of drug-likeness (QED) is 0.709. The molecule has 0 aliphatic heterocycles. The summed E-state index contributed by atoms with van der Waals surface area (Å²) in [6, 6.07) is 9.43. The van der Waals surface area contributed by atoms with Crippen LogP contribution in [0, 0.1) is 28.6 Å². The van der Waals surface area contributed by atoms with Gasteiger partial charge in [-0.3, -0.25) is 0 Å². The molecule has 0 saturated carbocycles. The van der Waals surface area contributed by atoms with Gasteiger partial charge < -0.3 is 0 Å². The Morgan fingerprint density at radius 3 is 2.43 bits per heavy atom. The highest BCUT2D eigenvalue weighted by Crippen LogP contribution is 2.15. The van der Waals surface area contributed by atoms with Crippen molar-refractivity contribution in [2.45, 2.75) is 20.3 Å². The standard InChI is InChI=1S/C12H12N2/c1-9(2)5-12-6-10(7-13)3-4-11(12)8-14/h3-4,6,9H,5H2,1-2H3. The highest BCUT2D eigenvalue weighted by atomic mass is 14.3. The van der Waals surface area contributed by atoms with Crippen molar-refractivity contribution in [3.05, 3.63) is 34.9 Å². The largest absolute Gasteiger partial charge is 0.192 e. The first kappa shape index (κ1) is 10.3. The fourth-order valence-electron chi connectivity index (χ4n) is 1.38. The number of hydrogen-bond acceptors (Lipinski definition) is 2. The lowest BCUT2D eigenvalue weighted by Crippen LogP contribution is -1.97. The zero-order chi connectivity index (χ0) is 10.6. The third-order valence-corrected chi connectivity index (χ3v) is 1.98. The summed E-state index contributed by atoms with van der Waals surface area (Å²) in [6.07, 6.45) is 0.846. The fraction of sp³-hybridized carbons (Fsp3) is 0.333. The van der Waals surface area contributed by atoms with Crippen LogP contribution in [-0.2, 0) is 6.42 Å². The van der Waals surface area contributed by atoms with E-state index in [0.29, 0.717) is 17.0 Å². The van der Waals surface area contributed by atoms with E-state index in [1.807, 2.05) is 0 Å². The zero-order valence-electron chi connectivity index (χ0n) is 8.41. The minimum Gasteiger partial charge on any atom is -0.192 e. The summed E-state index contributed by atoms with van der Waals surface area (Å²) in [5, 5.41) is 17.6. The maximum atomic E-state index is 8.86. The van der Waals surface area contributed by atoms with Gasteiger partial charge in [-0.2, -0.15) is 10.5 Å². The maximum absolute atomic E-state index is 8.86. The first-order valence-electron chi connectivity index (χ1n) is 4.60. The van der Waals surface area contributed by atoms with Gasteiger partial charge in [-0.25, -0.2) is 0 Å². The average molecular weight is 184 g/mol. The molecule has 0 fully saturated rings. The molecule has 0 aromatic heterocycles. The van der Waals surface area contributed by atoms with Gasteiger partial charge in [-0.15, -0.1) is 0 Å². The lowest BCUT2D eigenvalue weighted by Gasteiger charge is -2.06. The van der Waals surface area contributed by atoms with Crippen LogP contribution in [-0.4, -0.2) is 0 Å². The predicted octanol–water partition coefficient (Wildman–Crippen LogP) is 2.63. The molecule has 0 heterocycles. The molecule has 2 nitrogen and oxygen atoms in total. The summed E-state index contributed by atoms with van der Waals surface area (Å²) in [6.45, 7) is 4.19. The van der Waals surface area contributed by atoms with Crippen molar-refractivity contribution in [1.82, 2.24) is 0 Å². The summed E-state index contributed by atoms with van der Waals surface area (Å²) < 4.78 is 0. The van der Waals surface area contributed by atoms with Crippen molar-refractivity contribution in [1.29, 1.82) is 10.5 Å². The molecule has 0 atom stereocenters. The highest BCUT2D eigenvalue weighted by Gasteiger charge is 2.05. The molecule has 0 saturated heterocycles. The van der Waals surface area contributed by atoms with Crippen molar-refractivity contribution in [3.63, 3.8) is 0 Å². The van der Waals surface area contributed by atoms with Gasteiger partial charge in [0.15, 0.2) is 0 Å². The second-order valence-corrected chi connectivity index (χ2v) is 3.69. The molecule has 0 N–H and O–H groups in total. The van der Waals surface area contributed by atoms with E-state index in [0.717, 1.165) is 12.0 Å². The molecular formula is C12H12N2. The van der Waals surface area contributed by atoms with Gasteiger partial charge in [-0.1, -0.05) is 13.8 Å². The second-order valence-electron chi connectivity index (χ2n) is 3.69. The number of hydrogen-bond donors (Lipinski definition) is 0. The summed E-state index contributed by atoms with van der Waals surface area (Å²) in [5.74, 6) is 0.496. The van der Waals surface area contributed by atoms with Crippen LogP contribution in [0.3, 0.4) is 0 Å². The van der Waals surface area contributed by atoms with Crippen molar-refractivity contribution >= 4 is 0 Å². The molecule has 14 heavy (non-hydrogen) atoms. The predicted molar refractivity (Wildman–Crippen MR) is 54.4 cm³/mol. The van der Waals surface area contributed by atoms with Gasteiger partial charge in [0.25, 0.3) is 0 Å². The van der Waals surface area contributed by atoms with Crippen LogP contribution in [0.15, 0.2) is 18.2 Å². The van der Waals surface area contributed by atoms with Crippen molar-refractivity contribution in [2.24, 2.45) is 5.92 Å². The Kier molecular flexibility index (Phi) is 3.26. The van der Waals surface area contributed by atoms with E-state index in [1.54, 1.807) is 18.2 Å². The van der Waals surface area contributed by atoms with E-state index < -0.39 is 0 Å². The average Bonchev–Trinajstić information content (AvgIpc) is 2.16. The summed E-state index contributed by atoms with van der Waals surface area (Å²) in [7, 11) is 0. The van der Waals surface area contributed by atoms with E-state index in [4.69, 9.17) is 10.5 Å². The normalized spacial score (nSPS) is 9.50. The van der Waals surface area contributed by atoms with Gasteiger partial charge in [0.2, 0.25) is 0 Å². The van der Waals surface area contributed by atoms with Gasteiger partial charge in [0.05, 0.1) is 23.3 Å². The SMILES string of the molecule is CC(C)Cc1cc(C#N)ccc1C#N. The molecule has 1 rings (SSSR count). The summed E-state index contributed by atoms with van der Waals surface area (Å²) >= 11 is 0. The Bertz CT molecular complexity index is 405. The maximum Gasteiger partial charge on any atom is 0.0994 e. The molecule has 0 spiro atoms. The monoisotopic (exact) mass is 184 g/mol. The van der Waals surface area contributed by atoms with Crippen LogP contribution < -0.4 is 0 Å². The van der Waals surface area contributed by atoms with Gasteiger partial charge >= 0.3 is 0 Å². The molecule has 1 aromatic carbocycles. The van der Waals surface area contributed by atoms with Crippen molar-refractivity contribution < 1.29 is 0 Å². The third kappa shape index (κ3) is 2.34. The minimum atomic E-state index is 0.496. The van der Waals surface area contributed by atoms with E-state index in [9.17, 15) is 0 Å². The van der Waals surface area contributed by atoms with Crippen LogP contribution >= 0.6 is 0 Å². The Morgan fingerprint density at radius 2 is 1.93 bits per heavy atom. The number of benzene rings is 1. The Hall–Kier alpha value is -1.80. The van der Waals surface area contributed by atoms with Crippen molar-refractivity contribution in [2.75, 3.05) is 0 Å². The molecular weight excluding hydrogens is 172 g/mol. The molecule has 70 valence electrons. The molecule has 0 aliphatic carbocycles. The smallest absolute Gasteiger partial charge is 0.0994 e. The topological polar surface area (TPSA) is 47.6 Å². The first-order valence-corrected chi connectivity index (χ1v) is 4.60. The number of nitrogens with zero attached hydrogens (tertiary/aromatic N) is 2. The van der Waals surface area contributed by atoms with Gasteiger partial charge in [-0.05, 0) is 36.1 Å². The lowest BCUT2D eigenvalue weighted by atomic mass is 9.97. The van der Waals surface area contributed by atoms with E-state index in [2.05, 4.69) is 26.0 Å². The molecule has 1 aromatic rings. The number of rotatable bonds is 2. The minimum absolute atomic E-state index is 0.496. The van der Waals surface area contributed by atoms with Crippen LogP contribution in [0.4, 0.5) is 0 Å². The van der Waals surface area contributed by atoms with E-state index in [-0.39, 0.29) is 0 Å². The lowest BCUT2D eigenvalue weighted by molar-refractivity contribution is 0.646. The molecule has 0 unspecified atom stereocenters. The zero-order valence-corrected chi connectivity index (χ0v) is 8.41. The van der Waals surface area contributed by atoms with Gasteiger partial charge in [0, 0.05) is 0 Å². The molecule has 0 radical (unpaired) electrons. The number of nitriles is 2. The summed E-state index contributed by atoms with van der Waals surface area (Å²) in [4.78, 5) is 0. The molecule has 2 heteroatoms. The fourth-order valence-corrected chi connectivity index (χ4v) is 1.38. The second kappa shape index (κ2) is 4.44. The van der Waals surface area contributed by atoms with Gasteiger partial charge in [0.1, 0.15) is 0 Å². The van der Waals surface area contributed by atoms with Crippen LogP contribution in [0.1, 0.15) is 30.5 Å². The van der Waals surface area contributed by atoms with E-state index in [1.165, 1.54) is 0 Å². The highest BCUT2D eigenvalue weighted by molar-refractivity contribution is 5.44. The third-order valence-electron chi connectivity index (χ3n) is 1.98. The van der Waals surface area contributed by atoms with Crippen LogP contribution in [0.5, 0.6) is 0 Å². The Morgan fingerprint density at radius 1 is 1.21 bits per heavy atom. The molecule has 0 amide bonds. The van der Waals surface area contributed by atoms with Crippen molar-refractivity contribution in [3.8, 4) is 12.1 Å². The molecule has 0 aliphatic rings. The first-order chi connectivity index (χ1) is 6.67.